The average Bonchev–Trinajstić information content (AvgIpc) is 3.00. The molecular formula is C18H14BrN3O. The Hall–Kier alpha value is -2.53. The van der Waals surface area contributed by atoms with Crippen LogP contribution in [0.4, 0.5) is 10.5 Å². The summed E-state index contributed by atoms with van der Waals surface area (Å²) < 4.78 is 2.93. The molecule has 0 aliphatic carbocycles. The van der Waals surface area contributed by atoms with Crippen LogP contribution >= 0.6 is 15.9 Å². The molecule has 1 aromatic heterocycles. The first-order valence-electron chi connectivity index (χ1n) is 7.32. The Balaban J connectivity index is 1.77. The van der Waals surface area contributed by atoms with Crippen molar-refractivity contribution in [2.24, 2.45) is 0 Å². The lowest BCUT2D eigenvalue weighted by atomic mass is 10.1. The summed E-state index contributed by atoms with van der Waals surface area (Å²) in [6.07, 6.45) is 1.91. The number of amides is 2. The normalized spacial score (nSPS) is 13.1. The van der Waals surface area contributed by atoms with Gasteiger partial charge in [0, 0.05) is 16.2 Å². The first-order chi connectivity index (χ1) is 11.2. The van der Waals surface area contributed by atoms with E-state index < -0.39 is 0 Å². The van der Waals surface area contributed by atoms with Gasteiger partial charge < -0.3 is 5.32 Å². The highest BCUT2D eigenvalue weighted by atomic mass is 79.9. The highest BCUT2D eigenvalue weighted by Crippen LogP contribution is 2.31. The topological polar surface area (TPSA) is 37.3 Å². The number of aromatic nitrogens is 1. The van der Waals surface area contributed by atoms with Gasteiger partial charge in [0.25, 0.3) is 0 Å². The minimum atomic E-state index is -0.143. The molecule has 0 saturated heterocycles. The van der Waals surface area contributed by atoms with Gasteiger partial charge in [0.05, 0.1) is 17.9 Å². The largest absolute Gasteiger partial charge is 0.341 e. The van der Waals surface area contributed by atoms with Crippen molar-refractivity contribution in [2.45, 2.75) is 6.54 Å². The smallest absolute Gasteiger partial charge is 0.306 e. The van der Waals surface area contributed by atoms with Crippen molar-refractivity contribution in [1.29, 1.82) is 0 Å². The molecule has 2 amide bonds. The third kappa shape index (κ3) is 2.53. The molecule has 1 N–H and O–H groups in total. The van der Waals surface area contributed by atoms with Crippen LogP contribution in [0.3, 0.4) is 0 Å². The number of para-hydroxylation sites is 1. The summed E-state index contributed by atoms with van der Waals surface area (Å²) in [7, 11) is 0. The van der Waals surface area contributed by atoms with Crippen molar-refractivity contribution in [3.8, 4) is 11.3 Å². The molecular weight excluding hydrogens is 354 g/mol. The number of halogens is 1. The molecule has 0 radical (unpaired) electrons. The van der Waals surface area contributed by atoms with Gasteiger partial charge in [-0.15, -0.1) is 0 Å². The Labute approximate surface area is 142 Å². The molecule has 0 atom stereocenters. The first kappa shape index (κ1) is 14.1. The van der Waals surface area contributed by atoms with Gasteiger partial charge in [0.15, 0.2) is 0 Å². The van der Waals surface area contributed by atoms with Gasteiger partial charge in [0.2, 0.25) is 0 Å². The zero-order chi connectivity index (χ0) is 15.8. The molecule has 3 aromatic rings. The van der Waals surface area contributed by atoms with Crippen molar-refractivity contribution < 1.29 is 4.79 Å². The SMILES string of the molecule is O=C1Nc2ccccc2-c2cccn2N1Cc1ccc(Br)cc1. The zero-order valence-electron chi connectivity index (χ0n) is 12.2. The first-order valence-corrected chi connectivity index (χ1v) is 8.12. The molecule has 0 bridgehead atoms. The van der Waals surface area contributed by atoms with E-state index >= 15 is 0 Å². The molecule has 1 aliphatic rings. The van der Waals surface area contributed by atoms with Crippen LogP contribution in [0.1, 0.15) is 5.56 Å². The van der Waals surface area contributed by atoms with Crippen LogP contribution in [0.2, 0.25) is 0 Å². The van der Waals surface area contributed by atoms with Gasteiger partial charge >= 0.3 is 6.03 Å². The Morgan fingerprint density at radius 2 is 1.74 bits per heavy atom. The number of nitrogens with one attached hydrogen (secondary N) is 1. The fraction of sp³-hybridized carbons (Fsp3) is 0.0556. The van der Waals surface area contributed by atoms with E-state index in [0.717, 1.165) is 27.0 Å². The van der Waals surface area contributed by atoms with Crippen LogP contribution in [0.5, 0.6) is 0 Å². The predicted octanol–water partition coefficient (Wildman–Crippen LogP) is 4.60. The second-order valence-corrected chi connectivity index (χ2v) is 6.31. The number of hydrogen-bond donors (Lipinski definition) is 1. The van der Waals surface area contributed by atoms with E-state index in [0.29, 0.717) is 6.54 Å². The van der Waals surface area contributed by atoms with Crippen molar-refractivity contribution in [2.75, 3.05) is 10.3 Å². The number of anilines is 1. The van der Waals surface area contributed by atoms with Crippen LogP contribution in [-0.4, -0.2) is 10.7 Å². The van der Waals surface area contributed by atoms with E-state index in [1.165, 1.54) is 0 Å². The lowest BCUT2D eigenvalue weighted by molar-refractivity contribution is 0.251. The van der Waals surface area contributed by atoms with Crippen molar-refractivity contribution in [3.05, 3.63) is 76.9 Å². The Kier molecular flexibility index (Phi) is 3.42. The second-order valence-electron chi connectivity index (χ2n) is 5.40. The summed E-state index contributed by atoms with van der Waals surface area (Å²) in [6.45, 7) is 0.495. The van der Waals surface area contributed by atoms with E-state index in [9.17, 15) is 4.79 Å². The number of rotatable bonds is 2. The van der Waals surface area contributed by atoms with Gasteiger partial charge in [-0.2, -0.15) is 0 Å². The van der Waals surface area contributed by atoms with E-state index in [1.54, 1.807) is 5.01 Å². The summed E-state index contributed by atoms with van der Waals surface area (Å²) in [5.41, 5.74) is 3.91. The van der Waals surface area contributed by atoms with E-state index in [1.807, 2.05) is 71.5 Å². The van der Waals surface area contributed by atoms with Gasteiger partial charge in [-0.1, -0.05) is 46.3 Å². The molecule has 0 fully saturated rings. The van der Waals surface area contributed by atoms with Gasteiger partial charge in [-0.05, 0) is 35.9 Å². The van der Waals surface area contributed by atoms with Crippen LogP contribution in [0, 0.1) is 0 Å². The molecule has 23 heavy (non-hydrogen) atoms. The Bertz CT molecular complexity index is 870. The quantitative estimate of drug-likeness (QED) is 0.705. The van der Waals surface area contributed by atoms with Crippen LogP contribution in [-0.2, 0) is 6.54 Å². The third-order valence-electron chi connectivity index (χ3n) is 3.91. The van der Waals surface area contributed by atoms with Gasteiger partial charge in [-0.3, -0.25) is 4.68 Å². The standard InChI is InChI=1S/C18H14BrN3O/c19-14-9-7-13(8-10-14)12-22-18(23)20-16-5-2-1-4-15(16)17-6-3-11-21(17)22/h1-11H,12H2,(H,20,23). The lowest BCUT2D eigenvalue weighted by Gasteiger charge is -2.23. The molecule has 4 nitrogen and oxygen atoms in total. The lowest BCUT2D eigenvalue weighted by Crippen LogP contribution is -2.41. The molecule has 114 valence electrons. The van der Waals surface area contributed by atoms with Crippen LogP contribution < -0.4 is 10.3 Å². The molecule has 0 unspecified atom stereocenters. The number of carbonyl (C=O) groups is 1. The van der Waals surface area contributed by atoms with Crippen molar-refractivity contribution in [3.63, 3.8) is 0 Å². The summed E-state index contributed by atoms with van der Waals surface area (Å²) >= 11 is 3.44. The van der Waals surface area contributed by atoms with Gasteiger partial charge in [-0.25, -0.2) is 9.80 Å². The van der Waals surface area contributed by atoms with Crippen LogP contribution in [0.25, 0.3) is 11.3 Å². The van der Waals surface area contributed by atoms with Crippen molar-refractivity contribution in [1.82, 2.24) is 4.68 Å². The number of carbonyl (C=O) groups excluding carboxylic acids is 1. The molecule has 0 spiro atoms. The highest BCUT2D eigenvalue weighted by Gasteiger charge is 2.24. The van der Waals surface area contributed by atoms with Gasteiger partial charge in [0.1, 0.15) is 0 Å². The minimum absolute atomic E-state index is 0.143. The summed E-state index contributed by atoms with van der Waals surface area (Å²) in [5.74, 6) is 0. The number of benzene rings is 2. The van der Waals surface area contributed by atoms with Crippen LogP contribution in [0.15, 0.2) is 71.3 Å². The zero-order valence-corrected chi connectivity index (χ0v) is 13.8. The summed E-state index contributed by atoms with van der Waals surface area (Å²) in [5, 5.41) is 4.70. The Morgan fingerprint density at radius 3 is 2.57 bits per heavy atom. The van der Waals surface area contributed by atoms with E-state index in [2.05, 4.69) is 21.2 Å². The maximum absolute atomic E-state index is 12.7. The molecule has 0 saturated carbocycles. The number of hydrogen-bond acceptors (Lipinski definition) is 1. The van der Waals surface area contributed by atoms with E-state index in [-0.39, 0.29) is 6.03 Å². The molecule has 5 heteroatoms. The minimum Gasteiger partial charge on any atom is -0.306 e. The molecule has 2 heterocycles. The van der Waals surface area contributed by atoms with Crippen molar-refractivity contribution >= 4 is 27.6 Å². The number of urea groups is 1. The predicted molar refractivity (Wildman–Crippen MR) is 94.9 cm³/mol. The van der Waals surface area contributed by atoms with E-state index in [4.69, 9.17) is 0 Å². The fourth-order valence-corrected chi connectivity index (χ4v) is 3.06. The molecule has 4 rings (SSSR count). The molecule has 1 aliphatic heterocycles. The fourth-order valence-electron chi connectivity index (χ4n) is 2.80. The summed E-state index contributed by atoms with van der Waals surface area (Å²) in [6, 6.07) is 19.7. The number of fused-ring (bicyclic) bond motifs is 3. The maximum Gasteiger partial charge on any atom is 0.341 e. The third-order valence-corrected chi connectivity index (χ3v) is 4.44. The highest BCUT2D eigenvalue weighted by molar-refractivity contribution is 9.10. The number of nitrogens with zero attached hydrogens (tertiary/aromatic N) is 2. The monoisotopic (exact) mass is 367 g/mol. The maximum atomic E-state index is 12.7. The molecule has 2 aromatic carbocycles. The Morgan fingerprint density at radius 1 is 0.957 bits per heavy atom. The summed E-state index contributed by atoms with van der Waals surface area (Å²) in [4.78, 5) is 12.7. The second kappa shape index (κ2) is 5.59. The average molecular weight is 368 g/mol.